The number of para-hydroxylation sites is 1. The first-order chi connectivity index (χ1) is 15.5. The van der Waals surface area contributed by atoms with Crippen molar-refractivity contribution in [2.75, 3.05) is 4.90 Å². The van der Waals surface area contributed by atoms with E-state index in [2.05, 4.69) is 21.2 Å². The molecule has 0 atom stereocenters. The Labute approximate surface area is 198 Å². The van der Waals surface area contributed by atoms with Gasteiger partial charge in [0.25, 0.3) is 5.91 Å². The Morgan fingerprint density at radius 2 is 1.78 bits per heavy atom. The van der Waals surface area contributed by atoms with E-state index in [1.165, 1.54) is 11.0 Å². The molecule has 0 aliphatic carbocycles. The molecule has 4 aromatic rings. The maximum atomic E-state index is 14.3. The monoisotopic (exact) mass is 505 g/mol. The number of amides is 1. The van der Waals surface area contributed by atoms with Crippen molar-refractivity contribution in [3.63, 3.8) is 0 Å². The summed E-state index contributed by atoms with van der Waals surface area (Å²) in [7, 11) is 0. The summed E-state index contributed by atoms with van der Waals surface area (Å²) >= 11 is 8.94. The predicted molar refractivity (Wildman–Crippen MR) is 133 cm³/mol. The fourth-order valence-corrected chi connectivity index (χ4v) is 4.51. The highest BCUT2D eigenvalue weighted by molar-refractivity contribution is 9.10. The summed E-state index contributed by atoms with van der Waals surface area (Å²) in [6.45, 7) is 0.379. The Morgan fingerprint density at radius 3 is 2.56 bits per heavy atom. The minimum Gasteiger partial charge on any atom is -0.342 e. The first kappa shape index (κ1) is 20.6. The number of hydrogen-bond acceptors (Lipinski definition) is 2. The topological polar surface area (TPSA) is 37.3 Å². The minimum atomic E-state index is -0.247. The molecule has 1 N–H and O–H groups in total. The zero-order valence-corrected chi connectivity index (χ0v) is 19.2. The summed E-state index contributed by atoms with van der Waals surface area (Å²) in [6.07, 6.45) is 3.73. The maximum Gasteiger partial charge on any atom is 0.281 e. The lowest BCUT2D eigenvalue weighted by atomic mass is 10.1. The molecular formula is C25H17BrFN3OS. The van der Waals surface area contributed by atoms with Gasteiger partial charge in [0.2, 0.25) is 0 Å². The zero-order chi connectivity index (χ0) is 22.2. The number of benzene rings is 3. The molecule has 1 amide bonds. The number of aromatic nitrogens is 1. The van der Waals surface area contributed by atoms with Crippen LogP contribution in [0.5, 0.6) is 0 Å². The quantitative estimate of drug-likeness (QED) is 0.279. The lowest BCUT2D eigenvalue weighted by Gasteiger charge is -2.13. The molecule has 0 radical (unpaired) electrons. The number of nitrogens with zero attached hydrogens (tertiary/aromatic N) is 2. The van der Waals surface area contributed by atoms with Gasteiger partial charge in [0, 0.05) is 32.7 Å². The largest absolute Gasteiger partial charge is 0.342 e. The van der Waals surface area contributed by atoms with Crippen LogP contribution in [0.3, 0.4) is 0 Å². The molecule has 1 aliphatic rings. The maximum absolute atomic E-state index is 14.3. The van der Waals surface area contributed by atoms with E-state index in [-0.39, 0.29) is 11.7 Å². The van der Waals surface area contributed by atoms with Crippen molar-refractivity contribution in [3.05, 3.63) is 106 Å². The van der Waals surface area contributed by atoms with E-state index in [1.54, 1.807) is 18.2 Å². The van der Waals surface area contributed by atoms with Crippen LogP contribution >= 0.6 is 28.1 Å². The molecule has 0 bridgehead atoms. The van der Waals surface area contributed by atoms with Gasteiger partial charge in [-0.1, -0.05) is 52.3 Å². The van der Waals surface area contributed by atoms with Crippen molar-refractivity contribution >= 4 is 61.8 Å². The van der Waals surface area contributed by atoms with Crippen LogP contribution < -0.4 is 10.2 Å². The van der Waals surface area contributed by atoms with E-state index in [0.717, 1.165) is 20.9 Å². The van der Waals surface area contributed by atoms with Gasteiger partial charge in [-0.05, 0) is 54.7 Å². The standard InChI is InChI=1S/C25H17BrFN3OS/c26-18-10-11-23-20(13-18)17(15-29(23)14-16-6-4-5-9-21(16)27)12-22-24(31)30(25(32)28-22)19-7-2-1-3-8-19/h1-13,15H,14H2,(H,28,32)/b22-12-. The molecule has 1 fully saturated rings. The van der Waals surface area contributed by atoms with E-state index in [9.17, 15) is 9.18 Å². The second-order valence-electron chi connectivity index (χ2n) is 7.43. The van der Waals surface area contributed by atoms with Crippen molar-refractivity contribution in [3.8, 4) is 0 Å². The smallest absolute Gasteiger partial charge is 0.281 e. The van der Waals surface area contributed by atoms with Crippen LogP contribution in [0.15, 0.2) is 89.2 Å². The molecule has 1 aliphatic heterocycles. The Morgan fingerprint density at radius 1 is 1.03 bits per heavy atom. The highest BCUT2D eigenvalue weighted by Gasteiger charge is 2.32. The summed E-state index contributed by atoms with van der Waals surface area (Å²) in [5.74, 6) is -0.464. The van der Waals surface area contributed by atoms with Gasteiger partial charge in [-0.2, -0.15) is 0 Å². The molecule has 4 nitrogen and oxygen atoms in total. The van der Waals surface area contributed by atoms with E-state index in [4.69, 9.17) is 12.2 Å². The molecule has 0 spiro atoms. The van der Waals surface area contributed by atoms with E-state index >= 15 is 0 Å². The average Bonchev–Trinajstić information content (AvgIpc) is 3.26. The molecule has 3 aromatic carbocycles. The predicted octanol–water partition coefficient (Wildman–Crippen LogP) is 5.85. The third-order valence-corrected chi connectivity index (χ3v) is 6.14. The molecule has 158 valence electrons. The Kier molecular flexibility index (Phi) is 5.36. The molecule has 7 heteroatoms. The SMILES string of the molecule is O=C1/C(=C/c2cn(Cc3ccccc3F)c3ccc(Br)cc23)NC(=S)N1c1ccccc1. The fourth-order valence-electron chi connectivity index (χ4n) is 3.86. The zero-order valence-electron chi connectivity index (χ0n) is 16.8. The van der Waals surface area contributed by atoms with Gasteiger partial charge < -0.3 is 9.88 Å². The Balaban J connectivity index is 1.57. The van der Waals surface area contributed by atoms with Crippen LogP contribution in [0.25, 0.3) is 17.0 Å². The molecule has 0 unspecified atom stereocenters. The van der Waals surface area contributed by atoms with Crippen LogP contribution in [0, 0.1) is 5.82 Å². The number of carbonyl (C=O) groups excluding carboxylic acids is 1. The number of carbonyl (C=O) groups is 1. The molecule has 5 rings (SSSR count). The van der Waals surface area contributed by atoms with E-state index < -0.39 is 0 Å². The first-order valence-electron chi connectivity index (χ1n) is 9.95. The second kappa shape index (κ2) is 8.33. The molecule has 2 heterocycles. The second-order valence-corrected chi connectivity index (χ2v) is 8.73. The van der Waals surface area contributed by atoms with Crippen molar-refractivity contribution in [1.29, 1.82) is 0 Å². The van der Waals surface area contributed by atoms with E-state index in [1.807, 2.05) is 65.4 Å². The van der Waals surface area contributed by atoms with Gasteiger partial charge in [0.05, 0.1) is 12.2 Å². The Bertz CT molecular complexity index is 1400. The van der Waals surface area contributed by atoms with Crippen LogP contribution in [0.1, 0.15) is 11.1 Å². The molecule has 0 saturated carbocycles. The number of nitrogens with one attached hydrogen (secondary N) is 1. The lowest BCUT2D eigenvalue weighted by molar-refractivity contribution is -0.113. The van der Waals surface area contributed by atoms with E-state index in [0.29, 0.717) is 28.6 Å². The number of fused-ring (bicyclic) bond motifs is 1. The number of hydrogen-bond donors (Lipinski definition) is 1. The minimum absolute atomic E-state index is 0.216. The van der Waals surface area contributed by atoms with Gasteiger partial charge >= 0.3 is 0 Å². The summed E-state index contributed by atoms with van der Waals surface area (Å²) in [5, 5.41) is 4.32. The van der Waals surface area contributed by atoms with Crippen molar-refractivity contribution in [2.24, 2.45) is 0 Å². The third-order valence-electron chi connectivity index (χ3n) is 5.36. The highest BCUT2D eigenvalue weighted by atomic mass is 79.9. The summed E-state index contributed by atoms with van der Waals surface area (Å²) in [6, 6.07) is 21.9. The fraction of sp³-hybridized carbons (Fsp3) is 0.0400. The van der Waals surface area contributed by atoms with Gasteiger partial charge in [-0.3, -0.25) is 9.69 Å². The van der Waals surface area contributed by atoms with Crippen LogP contribution in [-0.2, 0) is 11.3 Å². The van der Waals surface area contributed by atoms with Crippen molar-refractivity contribution < 1.29 is 9.18 Å². The normalized spacial score (nSPS) is 15.1. The van der Waals surface area contributed by atoms with Gasteiger partial charge in [-0.15, -0.1) is 0 Å². The third kappa shape index (κ3) is 3.74. The average molecular weight is 506 g/mol. The number of anilines is 1. The van der Waals surface area contributed by atoms with Crippen LogP contribution in [0.2, 0.25) is 0 Å². The Hall–Kier alpha value is -3.29. The van der Waals surface area contributed by atoms with Crippen molar-refractivity contribution in [2.45, 2.75) is 6.54 Å². The molecule has 1 aromatic heterocycles. The summed E-state index contributed by atoms with van der Waals surface area (Å²) < 4.78 is 17.2. The molecular weight excluding hydrogens is 489 g/mol. The van der Waals surface area contributed by atoms with Crippen LogP contribution in [-0.4, -0.2) is 15.6 Å². The number of halogens is 2. The van der Waals surface area contributed by atoms with Gasteiger partial charge in [-0.25, -0.2) is 4.39 Å². The summed E-state index contributed by atoms with van der Waals surface area (Å²) in [4.78, 5) is 14.6. The summed E-state index contributed by atoms with van der Waals surface area (Å²) in [5.41, 5.74) is 3.48. The molecule has 1 saturated heterocycles. The number of thiocarbonyl (C=S) groups is 1. The van der Waals surface area contributed by atoms with Gasteiger partial charge in [0.15, 0.2) is 5.11 Å². The van der Waals surface area contributed by atoms with Gasteiger partial charge in [0.1, 0.15) is 11.5 Å². The van der Waals surface area contributed by atoms with Crippen LogP contribution in [0.4, 0.5) is 10.1 Å². The lowest BCUT2D eigenvalue weighted by Crippen LogP contribution is -2.30. The molecule has 32 heavy (non-hydrogen) atoms. The van der Waals surface area contributed by atoms with Crippen molar-refractivity contribution in [1.82, 2.24) is 9.88 Å². The highest BCUT2D eigenvalue weighted by Crippen LogP contribution is 2.29. The number of rotatable bonds is 4. The first-order valence-corrected chi connectivity index (χ1v) is 11.2.